The number of carboxylic acids is 6. The van der Waals surface area contributed by atoms with Gasteiger partial charge in [-0.2, -0.15) is 0 Å². The summed E-state index contributed by atoms with van der Waals surface area (Å²) < 4.78 is 0. The van der Waals surface area contributed by atoms with Crippen LogP contribution in [0.4, 0.5) is 0 Å². The van der Waals surface area contributed by atoms with Crippen molar-refractivity contribution in [3.05, 3.63) is 108 Å². The van der Waals surface area contributed by atoms with Gasteiger partial charge in [0.15, 0.2) is 0 Å². The molecule has 89 heavy (non-hydrogen) atoms. The third-order valence-electron chi connectivity index (χ3n) is 15.7. The molecule has 2 fully saturated rings. The molecule has 4 heterocycles. The number of carbonyl (C=O) groups excluding carboxylic acids is 2. The van der Waals surface area contributed by atoms with Crippen LogP contribution in [0.15, 0.2) is 97.3 Å². The van der Waals surface area contributed by atoms with Gasteiger partial charge in [0.1, 0.15) is 0 Å². The number of aromatic nitrogens is 2. The second-order valence-electron chi connectivity index (χ2n) is 22.5. The van der Waals surface area contributed by atoms with E-state index in [4.69, 9.17) is 0 Å². The Kier molecular flexibility index (Phi) is 28.5. The number of carboxylic acid groups (broad SMARTS) is 6. The predicted molar refractivity (Wildman–Crippen MR) is 329 cm³/mol. The Balaban J connectivity index is 0.000000281. The standard InChI is InChI=1S/2C31H40N6O7.Eu/c2*1-33(18-23-6-7-27-26(16-23)25-5-3-2-4-24(25)17-32-27)28(38)19-34-8-10-35(20-29(39)40)12-14-37(22-31(43)44)15-13-36(11-9-34)21-30(41)42;/h2*2-7,16-17H,8-15,18-22H2,1H3,(H,39,40)(H,41,42)(H,43,44);. The Hall–Kier alpha value is -6.76. The van der Waals surface area contributed by atoms with Gasteiger partial charge >= 0.3 is 35.8 Å². The van der Waals surface area contributed by atoms with E-state index in [9.17, 15) is 69.0 Å². The fraction of sp³-hybridized carbons (Fsp3) is 0.452. The number of carbonyl (C=O) groups is 8. The molecule has 0 spiro atoms. The van der Waals surface area contributed by atoms with Crippen LogP contribution >= 0.6 is 0 Å². The summed E-state index contributed by atoms with van der Waals surface area (Å²) in [6.45, 7) is 5.22. The van der Waals surface area contributed by atoms with Crippen molar-refractivity contribution in [2.24, 2.45) is 0 Å². The Labute approximate surface area is 556 Å². The van der Waals surface area contributed by atoms with Crippen molar-refractivity contribution >= 4 is 91.0 Å². The van der Waals surface area contributed by atoms with Crippen LogP contribution in [-0.2, 0) is 51.4 Å². The third-order valence-corrected chi connectivity index (χ3v) is 15.7. The molecule has 2 aliphatic rings. The molecule has 2 aliphatic heterocycles. The van der Waals surface area contributed by atoms with Crippen LogP contribution in [0.5, 0.6) is 0 Å². The molecule has 1 radical (unpaired) electrons. The van der Waals surface area contributed by atoms with Crippen LogP contribution in [0.1, 0.15) is 11.1 Å². The van der Waals surface area contributed by atoms with Gasteiger partial charge in [0, 0.05) is 215 Å². The summed E-state index contributed by atoms with van der Waals surface area (Å²) in [4.78, 5) is 122. The Bertz CT molecular complexity index is 3130. The summed E-state index contributed by atoms with van der Waals surface area (Å²) in [5, 5.41) is 62.7. The minimum Gasteiger partial charge on any atom is -0.480 e. The zero-order valence-electron chi connectivity index (χ0n) is 50.3. The zero-order valence-corrected chi connectivity index (χ0v) is 52.7. The monoisotopic (exact) mass is 1370 g/mol. The minimum atomic E-state index is -1.01. The van der Waals surface area contributed by atoms with E-state index in [1.165, 1.54) is 0 Å². The number of likely N-dealkylation sites (N-methyl/N-ethyl adjacent to an activating group) is 2. The molecule has 4 aromatic carbocycles. The van der Waals surface area contributed by atoms with Gasteiger partial charge < -0.3 is 40.4 Å². The molecule has 6 aromatic rings. The van der Waals surface area contributed by atoms with Crippen molar-refractivity contribution < 1.29 is 118 Å². The number of benzene rings is 4. The molecule has 0 saturated carbocycles. The van der Waals surface area contributed by atoms with E-state index < -0.39 is 35.8 Å². The van der Waals surface area contributed by atoms with Crippen molar-refractivity contribution in [2.75, 3.05) is 171 Å². The van der Waals surface area contributed by atoms with Gasteiger partial charge in [-0.3, -0.25) is 87.5 Å². The average molecular weight is 1370 g/mol. The van der Waals surface area contributed by atoms with Gasteiger partial charge in [-0.15, -0.1) is 0 Å². The zero-order chi connectivity index (χ0) is 63.3. The van der Waals surface area contributed by atoms with Crippen LogP contribution < -0.4 is 0 Å². The van der Waals surface area contributed by atoms with E-state index in [-0.39, 0.29) is 114 Å². The second-order valence-corrected chi connectivity index (χ2v) is 22.5. The maximum absolute atomic E-state index is 13.4. The SMILES string of the molecule is CN(Cc1ccc2ncc3ccccc3c2c1)C(=O)CN1CCN(CC(=O)O)CCN(CC(=O)O)CCN(CC(=O)O)CC1.CN(Cc1ccc2ncc3ccccc3c2c1)C(=O)CN1CCN(CC(=O)O)CCN(CC(=O)O)CCN(CC(=O)O)CC1.[Eu]. The van der Waals surface area contributed by atoms with Crippen LogP contribution in [0.2, 0.25) is 0 Å². The number of hydrogen-bond donors (Lipinski definition) is 6. The maximum atomic E-state index is 13.4. The largest absolute Gasteiger partial charge is 0.480 e. The van der Waals surface area contributed by atoms with E-state index in [1.54, 1.807) is 53.3 Å². The topological polar surface area (TPSA) is 316 Å². The number of fused-ring (bicyclic) bond motifs is 6. The van der Waals surface area contributed by atoms with Gasteiger partial charge in [0.25, 0.3) is 0 Å². The molecule has 0 aliphatic carbocycles. The van der Waals surface area contributed by atoms with Crippen molar-refractivity contribution in [1.29, 1.82) is 0 Å². The molecule has 0 atom stereocenters. The smallest absolute Gasteiger partial charge is 0.317 e. The predicted octanol–water partition coefficient (Wildman–Crippen LogP) is 1.64. The summed E-state index contributed by atoms with van der Waals surface area (Å²) in [5.74, 6) is -6.20. The quantitative estimate of drug-likeness (QED) is 0.0592. The summed E-state index contributed by atoms with van der Waals surface area (Å²) in [6.07, 6.45) is 3.71. The summed E-state index contributed by atoms with van der Waals surface area (Å²) in [6, 6.07) is 28.0. The molecule has 0 bridgehead atoms. The van der Waals surface area contributed by atoms with E-state index in [0.29, 0.717) is 118 Å². The fourth-order valence-corrected chi connectivity index (χ4v) is 10.9. The van der Waals surface area contributed by atoms with Crippen LogP contribution in [0, 0.1) is 49.4 Å². The fourth-order valence-electron chi connectivity index (χ4n) is 10.9. The first kappa shape index (κ1) is 71.3. The van der Waals surface area contributed by atoms with E-state index >= 15 is 0 Å². The molecule has 479 valence electrons. The van der Waals surface area contributed by atoms with Gasteiger partial charge in [-0.25, -0.2) is 0 Å². The van der Waals surface area contributed by atoms with Gasteiger partial charge in [-0.1, -0.05) is 60.7 Å². The average Bonchev–Trinajstić information content (AvgIpc) is 2.56. The summed E-state index contributed by atoms with van der Waals surface area (Å²) in [7, 11) is 3.49. The maximum Gasteiger partial charge on any atom is 0.317 e. The first-order valence-electron chi connectivity index (χ1n) is 29.2. The van der Waals surface area contributed by atoms with E-state index in [0.717, 1.165) is 54.5 Å². The third kappa shape index (κ3) is 23.5. The Morgan fingerprint density at radius 2 is 0.584 bits per heavy atom. The minimum absolute atomic E-state index is 0. The van der Waals surface area contributed by atoms with Gasteiger partial charge in [0.2, 0.25) is 11.8 Å². The number of aliphatic carboxylic acids is 6. The van der Waals surface area contributed by atoms with Crippen molar-refractivity contribution in [2.45, 2.75) is 13.1 Å². The molecule has 6 N–H and O–H groups in total. The molecule has 2 saturated heterocycles. The first-order valence-corrected chi connectivity index (χ1v) is 29.2. The van der Waals surface area contributed by atoms with Crippen LogP contribution in [0.3, 0.4) is 0 Å². The number of nitrogens with zero attached hydrogens (tertiary/aromatic N) is 12. The van der Waals surface area contributed by atoms with Crippen molar-refractivity contribution in [3.8, 4) is 0 Å². The molecule has 2 amide bonds. The molecule has 27 heteroatoms. The van der Waals surface area contributed by atoms with Crippen molar-refractivity contribution in [1.82, 2.24) is 59.0 Å². The summed E-state index contributed by atoms with van der Waals surface area (Å²) >= 11 is 0. The second kappa shape index (κ2) is 35.6. The number of amides is 2. The normalized spacial score (nSPS) is 16.6. The summed E-state index contributed by atoms with van der Waals surface area (Å²) in [5.41, 5.74) is 3.69. The molecular weight excluding hydrogens is 1290 g/mol. The molecule has 0 unspecified atom stereocenters. The van der Waals surface area contributed by atoms with E-state index in [2.05, 4.69) is 34.2 Å². The van der Waals surface area contributed by atoms with Crippen LogP contribution in [0.25, 0.3) is 43.4 Å². The molecular formula is C62H80EuN12O14. The van der Waals surface area contributed by atoms with Crippen molar-refractivity contribution in [3.63, 3.8) is 0 Å². The molecule has 8 rings (SSSR count). The Morgan fingerprint density at radius 3 is 0.831 bits per heavy atom. The van der Waals surface area contributed by atoms with E-state index in [1.807, 2.05) is 82.9 Å². The molecule has 26 nitrogen and oxygen atoms in total. The Morgan fingerprint density at radius 1 is 0.348 bits per heavy atom. The van der Waals surface area contributed by atoms with Gasteiger partial charge in [0.05, 0.1) is 63.4 Å². The number of hydrogen-bond acceptors (Lipinski definition) is 18. The van der Waals surface area contributed by atoms with Crippen LogP contribution in [-0.4, -0.2) is 308 Å². The first-order chi connectivity index (χ1) is 42.1. The van der Waals surface area contributed by atoms with Gasteiger partial charge in [-0.05, 0) is 46.2 Å². The number of rotatable bonds is 20. The number of pyridine rings is 2. The molecule has 2 aromatic heterocycles.